The number of carbonyl (C=O) groups excluding carboxylic acids is 1. The zero-order chi connectivity index (χ0) is 13.8. The summed E-state index contributed by atoms with van der Waals surface area (Å²) in [6.07, 6.45) is 4.89. The van der Waals surface area contributed by atoms with Crippen LogP contribution in [0.15, 0.2) is 12.2 Å². The monoisotopic (exact) mass is 255 g/mol. The van der Waals surface area contributed by atoms with Gasteiger partial charge in [0.1, 0.15) is 5.60 Å². The first-order valence-electron chi connectivity index (χ1n) is 6.60. The lowest BCUT2D eigenvalue weighted by Gasteiger charge is -2.27. The Balaban J connectivity index is 2.60. The van der Waals surface area contributed by atoms with Gasteiger partial charge in [-0.2, -0.15) is 0 Å². The van der Waals surface area contributed by atoms with Gasteiger partial charge in [0, 0.05) is 13.1 Å². The van der Waals surface area contributed by atoms with E-state index >= 15 is 0 Å². The molecule has 0 aliphatic carbocycles. The predicted octanol–water partition coefficient (Wildman–Crippen LogP) is 2.57. The first-order valence-corrected chi connectivity index (χ1v) is 6.60. The van der Waals surface area contributed by atoms with E-state index in [1.165, 1.54) is 0 Å². The molecule has 4 heteroatoms. The Morgan fingerprint density at radius 3 is 2.67 bits per heavy atom. The summed E-state index contributed by atoms with van der Waals surface area (Å²) in [4.78, 5) is 13.6. The Labute approximate surface area is 110 Å². The molecule has 1 N–H and O–H groups in total. The molecule has 1 saturated heterocycles. The van der Waals surface area contributed by atoms with Crippen molar-refractivity contribution in [3.05, 3.63) is 12.2 Å². The first-order chi connectivity index (χ1) is 8.31. The van der Waals surface area contributed by atoms with Gasteiger partial charge in [-0.3, -0.25) is 0 Å². The fraction of sp³-hybridized carbons (Fsp3) is 0.786. The molecule has 1 aliphatic heterocycles. The number of nitrogens with zero attached hydrogens (tertiary/aromatic N) is 1. The predicted molar refractivity (Wildman–Crippen MR) is 71.4 cm³/mol. The van der Waals surface area contributed by atoms with Gasteiger partial charge in [0.25, 0.3) is 0 Å². The Morgan fingerprint density at radius 2 is 2.11 bits per heavy atom. The summed E-state index contributed by atoms with van der Waals surface area (Å²) in [6, 6.07) is 0. The number of β-amino-alcohol motifs (C(OH)–C–C–N with tert-alkyl or cyclic N) is 1. The van der Waals surface area contributed by atoms with Crippen molar-refractivity contribution in [1.29, 1.82) is 0 Å². The standard InChI is InChI=1S/C14H25NO3/c1-5-6-11-7-8-15(10-12(16)9-11)13(17)18-14(2,3)4/h5-6,11-12,16H,7-10H2,1-4H3. The van der Waals surface area contributed by atoms with E-state index in [-0.39, 0.29) is 6.09 Å². The molecule has 1 heterocycles. The number of hydrogen-bond donors (Lipinski definition) is 1. The second kappa shape index (κ2) is 6.23. The van der Waals surface area contributed by atoms with E-state index in [1.807, 2.05) is 33.8 Å². The summed E-state index contributed by atoms with van der Waals surface area (Å²) < 4.78 is 5.33. The Kier molecular flexibility index (Phi) is 5.20. The van der Waals surface area contributed by atoms with Crippen molar-refractivity contribution in [3.63, 3.8) is 0 Å². The minimum Gasteiger partial charge on any atom is -0.444 e. The Morgan fingerprint density at radius 1 is 1.44 bits per heavy atom. The molecule has 0 saturated carbocycles. The third-order valence-corrected chi connectivity index (χ3v) is 2.89. The van der Waals surface area contributed by atoms with Gasteiger partial charge in [-0.1, -0.05) is 12.2 Å². The van der Waals surface area contributed by atoms with Gasteiger partial charge in [-0.15, -0.1) is 0 Å². The second-order valence-electron chi connectivity index (χ2n) is 5.89. The van der Waals surface area contributed by atoms with Crippen LogP contribution < -0.4 is 0 Å². The van der Waals surface area contributed by atoms with Gasteiger partial charge < -0.3 is 14.7 Å². The normalized spacial score (nSPS) is 26.2. The largest absolute Gasteiger partial charge is 0.444 e. The molecule has 2 unspecified atom stereocenters. The maximum absolute atomic E-state index is 12.0. The van der Waals surface area contributed by atoms with Crippen molar-refractivity contribution in [3.8, 4) is 0 Å². The quantitative estimate of drug-likeness (QED) is 0.733. The molecule has 0 spiro atoms. The summed E-state index contributed by atoms with van der Waals surface area (Å²) in [6.45, 7) is 8.53. The average molecular weight is 255 g/mol. The number of allylic oxidation sites excluding steroid dienone is 2. The second-order valence-corrected chi connectivity index (χ2v) is 5.89. The number of aliphatic hydroxyl groups excluding tert-OH is 1. The third-order valence-electron chi connectivity index (χ3n) is 2.89. The van der Waals surface area contributed by atoms with E-state index in [4.69, 9.17) is 4.74 Å². The van der Waals surface area contributed by atoms with Gasteiger partial charge in [0.2, 0.25) is 0 Å². The van der Waals surface area contributed by atoms with Crippen LogP contribution in [0.1, 0.15) is 40.5 Å². The van der Waals surface area contributed by atoms with E-state index in [2.05, 4.69) is 6.08 Å². The van der Waals surface area contributed by atoms with Crippen LogP contribution in [0.2, 0.25) is 0 Å². The molecule has 0 aromatic heterocycles. The molecule has 0 radical (unpaired) electrons. The molecular formula is C14H25NO3. The zero-order valence-corrected chi connectivity index (χ0v) is 11.8. The molecule has 1 aliphatic rings. The lowest BCUT2D eigenvalue weighted by atomic mass is 9.99. The van der Waals surface area contributed by atoms with E-state index in [1.54, 1.807) is 4.90 Å². The number of aliphatic hydroxyl groups is 1. The van der Waals surface area contributed by atoms with Crippen molar-refractivity contribution in [2.45, 2.75) is 52.2 Å². The fourth-order valence-corrected chi connectivity index (χ4v) is 2.15. The summed E-state index contributed by atoms with van der Waals surface area (Å²) in [7, 11) is 0. The molecule has 2 atom stereocenters. The van der Waals surface area contributed by atoms with Crippen LogP contribution in [-0.2, 0) is 4.74 Å². The zero-order valence-electron chi connectivity index (χ0n) is 11.8. The lowest BCUT2D eigenvalue weighted by molar-refractivity contribution is 0.0173. The molecule has 1 amide bonds. The minimum atomic E-state index is -0.489. The molecular weight excluding hydrogens is 230 g/mol. The van der Waals surface area contributed by atoms with Gasteiger partial charge in [0.15, 0.2) is 0 Å². The van der Waals surface area contributed by atoms with E-state index in [0.717, 1.165) is 6.42 Å². The highest BCUT2D eigenvalue weighted by atomic mass is 16.6. The summed E-state index contributed by atoms with van der Waals surface area (Å²) >= 11 is 0. The number of likely N-dealkylation sites (tertiary alicyclic amines) is 1. The van der Waals surface area contributed by atoms with Crippen LogP contribution in [0.3, 0.4) is 0 Å². The molecule has 4 nitrogen and oxygen atoms in total. The highest BCUT2D eigenvalue weighted by Gasteiger charge is 2.27. The number of rotatable bonds is 1. The van der Waals surface area contributed by atoms with Crippen LogP contribution in [0.5, 0.6) is 0 Å². The maximum Gasteiger partial charge on any atom is 0.410 e. The van der Waals surface area contributed by atoms with Crippen LogP contribution >= 0.6 is 0 Å². The van der Waals surface area contributed by atoms with Gasteiger partial charge >= 0.3 is 6.09 Å². The maximum atomic E-state index is 12.0. The van der Waals surface area contributed by atoms with Crippen LogP contribution in [-0.4, -0.2) is 40.9 Å². The van der Waals surface area contributed by atoms with Gasteiger partial charge in [-0.05, 0) is 46.5 Å². The number of carbonyl (C=O) groups is 1. The van der Waals surface area contributed by atoms with Crippen molar-refractivity contribution >= 4 is 6.09 Å². The molecule has 0 bridgehead atoms. The third kappa shape index (κ3) is 5.08. The van der Waals surface area contributed by atoms with Crippen molar-refractivity contribution in [1.82, 2.24) is 4.90 Å². The van der Waals surface area contributed by atoms with Gasteiger partial charge in [0.05, 0.1) is 6.10 Å². The fourth-order valence-electron chi connectivity index (χ4n) is 2.15. The Bertz CT molecular complexity index is 307. The molecule has 18 heavy (non-hydrogen) atoms. The molecule has 0 aromatic rings. The first kappa shape index (κ1) is 15.0. The highest BCUT2D eigenvalue weighted by Crippen LogP contribution is 2.20. The molecule has 1 fully saturated rings. The number of ether oxygens (including phenoxy) is 1. The van der Waals surface area contributed by atoms with Gasteiger partial charge in [-0.25, -0.2) is 4.79 Å². The van der Waals surface area contributed by atoms with E-state index < -0.39 is 11.7 Å². The highest BCUT2D eigenvalue weighted by molar-refractivity contribution is 5.68. The number of hydrogen-bond acceptors (Lipinski definition) is 3. The van der Waals surface area contributed by atoms with Crippen LogP contribution in [0, 0.1) is 5.92 Å². The van der Waals surface area contributed by atoms with Crippen LogP contribution in [0.25, 0.3) is 0 Å². The molecule has 0 aromatic carbocycles. The van der Waals surface area contributed by atoms with Crippen molar-refractivity contribution in [2.75, 3.05) is 13.1 Å². The van der Waals surface area contributed by atoms with Crippen LogP contribution in [0.4, 0.5) is 4.79 Å². The van der Waals surface area contributed by atoms with Crippen molar-refractivity contribution in [2.24, 2.45) is 5.92 Å². The smallest absolute Gasteiger partial charge is 0.410 e. The topological polar surface area (TPSA) is 49.8 Å². The van der Waals surface area contributed by atoms with Crippen molar-refractivity contribution < 1.29 is 14.6 Å². The molecule has 104 valence electrons. The summed E-state index contributed by atoms with van der Waals surface area (Å²) in [5, 5.41) is 9.92. The SMILES string of the molecule is CC=CC1CCN(C(=O)OC(C)(C)C)CC(O)C1. The average Bonchev–Trinajstić information content (AvgIpc) is 2.38. The summed E-state index contributed by atoms with van der Waals surface area (Å²) in [5.41, 5.74) is -0.489. The molecule has 1 rings (SSSR count). The summed E-state index contributed by atoms with van der Waals surface area (Å²) in [5.74, 6) is 0.345. The van der Waals surface area contributed by atoms with E-state index in [0.29, 0.717) is 25.4 Å². The van der Waals surface area contributed by atoms with E-state index in [9.17, 15) is 9.90 Å². The minimum absolute atomic E-state index is 0.331. The lowest BCUT2D eigenvalue weighted by Crippen LogP contribution is -2.40. The Hall–Kier alpha value is -1.03. The number of amides is 1.